The number of hydrogen-bond acceptors (Lipinski definition) is 5. The summed E-state index contributed by atoms with van der Waals surface area (Å²) in [5, 5.41) is 2.68. The van der Waals surface area contributed by atoms with Gasteiger partial charge in [0, 0.05) is 11.6 Å². The third-order valence-corrected chi connectivity index (χ3v) is 6.68. The van der Waals surface area contributed by atoms with E-state index in [1.807, 2.05) is 19.1 Å². The van der Waals surface area contributed by atoms with E-state index in [2.05, 4.69) is 21.2 Å². The van der Waals surface area contributed by atoms with Crippen molar-refractivity contribution in [2.75, 3.05) is 11.9 Å². The van der Waals surface area contributed by atoms with E-state index >= 15 is 0 Å². The highest BCUT2D eigenvalue weighted by Crippen LogP contribution is 2.60. The lowest BCUT2D eigenvalue weighted by Gasteiger charge is -2.26. The van der Waals surface area contributed by atoms with Gasteiger partial charge in [-0.3, -0.25) is 14.4 Å². The van der Waals surface area contributed by atoms with Gasteiger partial charge in [0.25, 0.3) is 5.91 Å². The molecule has 1 aliphatic heterocycles. The van der Waals surface area contributed by atoms with Gasteiger partial charge in [-0.1, -0.05) is 33.6 Å². The van der Waals surface area contributed by atoms with Crippen molar-refractivity contribution in [1.82, 2.24) is 0 Å². The lowest BCUT2D eigenvalue weighted by Crippen LogP contribution is -2.39. The van der Waals surface area contributed by atoms with Gasteiger partial charge in [-0.15, -0.1) is 0 Å². The SMILES string of the molecule is Cc1ccc(NC(=O)COC(=O)[C@@H]2[C@H]3C[C@H]4[C@H](OC(=O)[C@H]42)[C@H]3Br)cc1. The van der Waals surface area contributed by atoms with Crippen LogP contribution in [0, 0.1) is 30.6 Å². The Morgan fingerprint density at radius 1 is 1.28 bits per heavy atom. The molecule has 7 heteroatoms. The maximum atomic E-state index is 12.5. The first-order valence-corrected chi connectivity index (χ1v) is 9.25. The first kappa shape index (κ1) is 16.6. The molecule has 6 atom stereocenters. The number of aryl methyl sites for hydroxylation is 1. The highest BCUT2D eigenvalue weighted by molar-refractivity contribution is 9.09. The minimum Gasteiger partial charge on any atom is -0.461 e. The number of fused-ring (bicyclic) bond motifs is 1. The van der Waals surface area contributed by atoms with Crippen LogP contribution >= 0.6 is 15.9 Å². The third kappa shape index (κ3) is 2.74. The number of alkyl halides is 1. The number of rotatable bonds is 4. The van der Waals surface area contributed by atoms with Gasteiger partial charge in [-0.05, 0) is 31.4 Å². The minimum atomic E-state index is -0.521. The highest BCUT2D eigenvalue weighted by Gasteiger charge is 2.68. The molecule has 1 amide bonds. The van der Waals surface area contributed by atoms with Crippen LogP contribution in [-0.2, 0) is 23.9 Å². The molecule has 0 aromatic heterocycles. The van der Waals surface area contributed by atoms with Crippen molar-refractivity contribution < 1.29 is 23.9 Å². The van der Waals surface area contributed by atoms with Gasteiger partial charge < -0.3 is 14.8 Å². The number of carbonyl (C=O) groups excluding carboxylic acids is 3. The van der Waals surface area contributed by atoms with E-state index < -0.39 is 23.7 Å². The highest BCUT2D eigenvalue weighted by atomic mass is 79.9. The van der Waals surface area contributed by atoms with E-state index in [-0.39, 0.29) is 35.3 Å². The molecule has 1 saturated heterocycles. The zero-order valence-corrected chi connectivity index (χ0v) is 15.2. The molecule has 0 radical (unpaired) electrons. The number of benzene rings is 1. The van der Waals surface area contributed by atoms with Gasteiger partial charge >= 0.3 is 11.9 Å². The molecule has 1 N–H and O–H groups in total. The maximum absolute atomic E-state index is 12.5. The molecule has 6 nitrogen and oxygen atoms in total. The quantitative estimate of drug-likeness (QED) is 0.609. The second kappa shape index (κ2) is 6.12. The van der Waals surface area contributed by atoms with E-state index in [1.165, 1.54) is 0 Å². The van der Waals surface area contributed by atoms with E-state index in [1.54, 1.807) is 12.1 Å². The molecule has 132 valence electrons. The summed E-state index contributed by atoms with van der Waals surface area (Å²) >= 11 is 3.55. The predicted molar refractivity (Wildman–Crippen MR) is 91.9 cm³/mol. The topological polar surface area (TPSA) is 81.7 Å². The number of halogens is 1. The second-order valence-corrected chi connectivity index (χ2v) is 8.04. The summed E-state index contributed by atoms with van der Waals surface area (Å²) in [7, 11) is 0. The molecule has 4 rings (SSSR count). The number of carbonyl (C=O) groups is 3. The summed E-state index contributed by atoms with van der Waals surface area (Å²) in [5.41, 5.74) is 1.74. The van der Waals surface area contributed by atoms with Crippen molar-refractivity contribution in [3.8, 4) is 0 Å². The first-order valence-electron chi connectivity index (χ1n) is 8.33. The molecule has 0 unspecified atom stereocenters. The molecule has 3 fully saturated rings. The number of hydrogen-bond donors (Lipinski definition) is 1. The molecule has 2 aliphatic carbocycles. The lowest BCUT2D eigenvalue weighted by atomic mass is 9.80. The van der Waals surface area contributed by atoms with E-state index in [9.17, 15) is 14.4 Å². The van der Waals surface area contributed by atoms with Crippen LogP contribution in [0.25, 0.3) is 0 Å². The van der Waals surface area contributed by atoms with Crippen LogP contribution < -0.4 is 5.32 Å². The number of ether oxygens (including phenoxy) is 2. The van der Waals surface area contributed by atoms with Crippen LogP contribution in [0.4, 0.5) is 5.69 Å². The van der Waals surface area contributed by atoms with Crippen molar-refractivity contribution in [3.05, 3.63) is 29.8 Å². The zero-order valence-electron chi connectivity index (χ0n) is 13.6. The standard InChI is InChI=1S/C18H18BrNO5/c1-8-2-4-9(5-3-8)20-12(21)7-24-17(22)13-10-6-11-14(13)18(23)25-16(11)15(10)19/h2-5,10-11,13-16H,6-7H2,1H3,(H,20,21)/t10-,11-,13-,14-,15+,16+/m1/s1. The zero-order chi connectivity index (χ0) is 17.7. The van der Waals surface area contributed by atoms with E-state index in [0.29, 0.717) is 5.69 Å². The molecule has 2 bridgehead atoms. The number of nitrogens with one attached hydrogen (secondary N) is 1. The Morgan fingerprint density at radius 2 is 2.00 bits per heavy atom. The Kier molecular flexibility index (Phi) is 4.06. The predicted octanol–water partition coefficient (Wildman–Crippen LogP) is 2.05. The van der Waals surface area contributed by atoms with Crippen LogP contribution in [-0.4, -0.2) is 35.4 Å². The molecule has 1 aromatic carbocycles. The number of esters is 2. The van der Waals surface area contributed by atoms with Crippen molar-refractivity contribution in [3.63, 3.8) is 0 Å². The summed E-state index contributed by atoms with van der Waals surface area (Å²) in [6.07, 6.45) is 0.656. The van der Waals surface area contributed by atoms with E-state index in [0.717, 1.165) is 12.0 Å². The average Bonchev–Trinajstić information content (AvgIpc) is 3.19. The Morgan fingerprint density at radius 3 is 2.72 bits per heavy atom. The van der Waals surface area contributed by atoms with Crippen molar-refractivity contribution >= 4 is 39.5 Å². The van der Waals surface area contributed by atoms with Crippen LogP contribution in [0.3, 0.4) is 0 Å². The fourth-order valence-corrected chi connectivity index (χ4v) is 5.41. The third-order valence-electron chi connectivity index (χ3n) is 5.48. The molecule has 1 aromatic rings. The molecule has 25 heavy (non-hydrogen) atoms. The fraction of sp³-hybridized carbons (Fsp3) is 0.500. The van der Waals surface area contributed by atoms with Crippen molar-refractivity contribution in [2.45, 2.75) is 24.3 Å². The van der Waals surface area contributed by atoms with Gasteiger partial charge in [0.05, 0.1) is 16.7 Å². The smallest absolute Gasteiger partial charge is 0.310 e. The first-order chi connectivity index (χ1) is 12.0. The fourth-order valence-electron chi connectivity index (χ4n) is 4.36. The molecule has 2 saturated carbocycles. The van der Waals surface area contributed by atoms with Gasteiger partial charge in [0.15, 0.2) is 6.61 Å². The van der Waals surface area contributed by atoms with Gasteiger partial charge in [0.2, 0.25) is 0 Å². The summed E-state index contributed by atoms with van der Waals surface area (Å²) in [4.78, 5) is 36.5. The molecule has 3 aliphatic rings. The van der Waals surface area contributed by atoms with Crippen LogP contribution in [0.1, 0.15) is 12.0 Å². The summed E-state index contributed by atoms with van der Waals surface area (Å²) in [5.74, 6) is -2.03. The van der Waals surface area contributed by atoms with E-state index in [4.69, 9.17) is 9.47 Å². The molecular formula is C18H18BrNO5. The Bertz CT molecular complexity index is 733. The van der Waals surface area contributed by atoms with Gasteiger partial charge in [-0.2, -0.15) is 0 Å². The van der Waals surface area contributed by atoms with Crippen LogP contribution in [0.2, 0.25) is 0 Å². The summed E-state index contributed by atoms with van der Waals surface area (Å²) < 4.78 is 10.6. The lowest BCUT2D eigenvalue weighted by molar-refractivity contribution is -0.157. The molecule has 1 heterocycles. The Hall–Kier alpha value is -1.89. The normalized spacial score (nSPS) is 34.7. The molecular weight excluding hydrogens is 390 g/mol. The van der Waals surface area contributed by atoms with Crippen molar-refractivity contribution in [2.24, 2.45) is 23.7 Å². The number of anilines is 1. The van der Waals surface area contributed by atoms with Gasteiger partial charge in [-0.25, -0.2) is 0 Å². The monoisotopic (exact) mass is 407 g/mol. The summed E-state index contributed by atoms with van der Waals surface area (Å²) in [6, 6.07) is 7.34. The average molecular weight is 408 g/mol. The Labute approximate surface area is 153 Å². The largest absolute Gasteiger partial charge is 0.461 e. The Balaban J connectivity index is 1.35. The second-order valence-electron chi connectivity index (χ2n) is 6.98. The van der Waals surface area contributed by atoms with Crippen LogP contribution in [0.5, 0.6) is 0 Å². The molecule has 0 spiro atoms. The van der Waals surface area contributed by atoms with Gasteiger partial charge in [0.1, 0.15) is 6.10 Å². The summed E-state index contributed by atoms with van der Waals surface area (Å²) in [6.45, 7) is 1.59. The van der Waals surface area contributed by atoms with Crippen LogP contribution in [0.15, 0.2) is 24.3 Å². The number of amides is 1. The maximum Gasteiger partial charge on any atom is 0.310 e. The minimum absolute atomic E-state index is 0.0147. The van der Waals surface area contributed by atoms with Crippen molar-refractivity contribution in [1.29, 1.82) is 0 Å².